The zero-order valence-corrected chi connectivity index (χ0v) is 18.6. The summed E-state index contributed by atoms with van der Waals surface area (Å²) in [6.07, 6.45) is 2.01. The first-order valence-electron chi connectivity index (χ1n) is 11.1. The Hall–Kier alpha value is -4.01. The van der Waals surface area contributed by atoms with Gasteiger partial charge in [0.1, 0.15) is 0 Å². The van der Waals surface area contributed by atoms with Crippen LogP contribution in [0.2, 0.25) is 0 Å². The summed E-state index contributed by atoms with van der Waals surface area (Å²) in [6, 6.07) is 39.2. The van der Waals surface area contributed by atoms with Gasteiger partial charge in [0, 0.05) is 42.7 Å². The average molecular weight is 438 g/mol. The molecule has 7 rings (SSSR count). The van der Waals surface area contributed by atoms with E-state index < -0.39 is 0 Å². The van der Waals surface area contributed by atoms with E-state index in [1.807, 2.05) is 17.5 Å². The molecule has 0 aliphatic rings. The van der Waals surface area contributed by atoms with E-state index in [2.05, 4.69) is 109 Å². The van der Waals surface area contributed by atoms with Gasteiger partial charge in [-0.05, 0) is 40.3 Å². The van der Waals surface area contributed by atoms with E-state index in [9.17, 15) is 0 Å². The van der Waals surface area contributed by atoms with E-state index in [0.29, 0.717) is 0 Å². The second-order valence-electron chi connectivity index (χ2n) is 8.44. The molecule has 154 valence electrons. The largest absolute Gasteiger partial charge is 0.255 e. The highest BCUT2D eigenvalue weighted by atomic mass is 32.1. The molecule has 0 radical (unpaired) electrons. The number of aromatic nitrogens is 1. The standard InChI is InChI=1S/C31H19NS/c1-2-10-25-20(7-1)15-16-23-18-24(19-32-30(23)25)21-8-5-9-22(17-21)26-12-6-13-28-27-11-3-4-14-29(27)33-31(26)28/h1-19H. The molecule has 0 saturated carbocycles. The van der Waals surface area contributed by atoms with Crippen LogP contribution in [-0.4, -0.2) is 4.98 Å². The fraction of sp³-hybridized carbons (Fsp3) is 0. The number of benzene rings is 5. The van der Waals surface area contributed by atoms with Gasteiger partial charge >= 0.3 is 0 Å². The van der Waals surface area contributed by atoms with Gasteiger partial charge in [-0.3, -0.25) is 4.98 Å². The van der Waals surface area contributed by atoms with Gasteiger partial charge < -0.3 is 0 Å². The van der Waals surface area contributed by atoms with Crippen molar-refractivity contribution in [2.24, 2.45) is 0 Å². The van der Waals surface area contributed by atoms with Crippen LogP contribution in [0.25, 0.3) is 64.1 Å². The molecular weight excluding hydrogens is 418 g/mol. The molecule has 2 heteroatoms. The Balaban J connectivity index is 1.38. The summed E-state index contributed by atoms with van der Waals surface area (Å²) in [5.41, 5.74) is 5.91. The molecule has 33 heavy (non-hydrogen) atoms. The van der Waals surface area contributed by atoms with Gasteiger partial charge in [-0.25, -0.2) is 0 Å². The first kappa shape index (κ1) is 18.6. The van der Waals surface area contributed by atoms with Crippen LogP contribution >= 0.6 is 11.3 Å². The molecule has 0 unspecified atom stereocenters. The second-order valence-corrected chi connectivity index (χ2v) is 9.50. The maximum atomic E-state index is 4.87. The van der Waals surface area contributed by atoms with Crippen LogP contribution in [-0.2, 0) is 0 Å². The summed E-state index contributed by atoms with van der Waals surface area (Å²) in [6.45, 7) is 0. The number of thiophene rings is 1. The molecule has 0 bridgehead atoms. The molecule has 0 aliphatic heterocycles. The minimum absolute atomic E-state index is 1.06. The van der Waals surface area contributed by atoms with Crippen LogP contribution in [0.5, 0.6) is 0 Å². The highest BCUT2D eigenvalue weighted by molar-refractivity contribution is 7.26. The van der Waals surface area contributed by atoms with Crippen molar-refractivity contribution in [1.29, 1.82) is 0 Å². The van der Waals surface area contributed by atoms with E-state index in [4.69, 9.17) is 4.98 Å². The Kier molecular flexibility index (Phi) is 4.08. The van der Waals surface area contributed by atoms with Crippen LogP contribution in [0.15, 0.2) is 115 Å². The lowest BCUT2D eigenvalue weighted by Crippen LogP contribution is -1.86. The SMILES string of the molecule is c1cc(-c2cnc3c(ccc4ccccc43)c2)cc(-c2cccc3c2sc2ccccc23)c1. The summed E-state index contributed by atoms with van der Waals surface area (Å²) in [5, 5.41) is 6.26. The maximum absolute atomic E-state index is 4.87. The summed E-state index contributed by atoms with van der Waals surface area (Å²) < 4.78 is 2.68. The molecule has 0 N–H and O–H groups in total. The van der Waals surface area contributed by atoms with Crippen LogP contribution in [0.1, 0.15) is 0 Å². The Bertz CT molecular complexity index is 1830. The summed E-state index contributed by atoms with van der Waals surface area (Å²) in [4.78, 5) is 4.87. The molecule has 0 spiro atoms. The van der Waals surface area contributed by atoms with Gasteiger partial charge in [-0.1, -0.05) is 91.0 Å². The van der Waals surface area contributed by atoms with Crippen molar-refractivity contribution in [3.63, 3.8) is 0 Å². The minimum Gasteiger partial charge on any atom is -0.255 e. The third-order valence-corrected chi connectivity index (χ3v) is 7.71. The van der Waals surface area contributed by atoms with Crippen molar-refractivity contribution in [2.75, 3.05) is 0 Å². The minimum atomic E-state index is 1.06. The Morgan fingerprint density at radius 2 is 1.27 bits per heavy atom. The molecule has 0 saturated heterocycles. The van der Waals surface area contributed by atoms with Crippen molar-refractivity contribution in [3.8, 4) is 22.3 Å². The predicted octanol–water partition coefficient (Wildman–Crippen LogP) is 9.09. The molecule has 0 aliphatic carbocycles. The average Bonchev–Trinajstić information content (AvgIpc) is 3.27. The highest BCUT2D eigenvalue weighted by Crippen LogP contribution is 2.40. The lowest BCUT2D eigenvalue weighted by atomic mass is 9.97. The van der Waals surface area contributed by atoms with E-state index in [1.54, 1.807) is 0 Å². The molecule has 2 heterocycles. The molecule has 0 atom stereocenters. The third kappa shape index (κ3) is 2.95. The van der Waals surface area contributed by atoms with Crippen molar-refractivity contribution in [2.45, 2.75) is 0 Å². The maximum Gasteiger partial charge on any atom is 0.0780 e. The van der Waals surface area contributed by atoms with Crippen LogP contribution in [0.3, 0.4) is 0 Å². The fourth-order valence-corrected chi connectivity index (χ4v) is 6.11. The van der Waals surface area contributed by atoms with Gasteiger partial charge in [0.2, 0.25) is 0 Å². The number of nitrogens with zero attached hydrogens (tertiary/aromatic N) is 1. The van der Waals surface area contributed by atoms with Crippen molar-refractivity contribution in [3.05, 3.63) is 115 Å². The molecular formula is C31H19NS. The van der Waals surface area contributed by atoms with Crippen molar-refractivity contribution < 1.29 is 0 Å². The zero-order valence-electron chi connectivity index (χ0n) is 17.8. The summed E-state index contributed by atoms with van der Waals surface area (Å²) in [7, 11) is 0. The number of hydrogen-bond donors (Lipinski definition) is 0. The molecule has 0 amide bonds. The van der Waals surface area contributed by atoms with Gasteiger partial charge in [0.25, 0.3) is 0 Å². The molecule has 2 aromatic heterocycles. The highest BCUT2D eigenvalue weighted by Gasteiger charge is 2.11. The number of pyridine rings is 1. The third-order valence-electron chi connectivity index (χ3n) is 6.49. The Labute approximate surface area is 195 Å². The fourth-order valence-electron chi connectivity index (χ4n) is 4.87. The quantitative estimate of drug-likeness (QED) is 0.246. The monoisotopic (exact) mass is 437 g/mol. The van der Waals surface area contributed by atoms with Gasteiger partial charge in [0.05, 0.1) is 5.52 Å². The van der Waals surface area contributed by atoms with Crippen molar-refractivity contribution in [1.82, 2.24) is 4.98 Å². The molecule has 7 aromatic rings. The van der Waals surface area contributed by atoms with E-state index in [0.717, 1.165) is 11.1 Å². The molecule has 5 aromatic carbocycles. The van der Waals surface area contributed by atoms with Gasteiger partial charge in [-0.15, -0.1) is 11.3 Å². The first-order chi connectivity index (χ1) is 16.3. The zero-order chi connectivity index (χ0) is 21.8. The lowest BCUT2D eigenvalue weighted by Gasteiger charge is -2.09. The van der Waals surface area contributed by atoms with Gasteiger partial charge in [-0.2, -0.15) is 0 Å². The lowest BCUT2D eigenvalue weighted by molar-refractivity contribution is 1.42. The van der Waals surface area contributed by atoms with Crippen LogP contribution in [0.4, 0.5) is 0 Å². The second kappa shape index (κ2) is 7.26. The first-order valence-corrected chi connectivity index (χ1v) is 12.0. The van der Waals surface area contributed by atoms with E-state index >= 15 is 0 Å². The van der Waals surface area contributed by atoms with Crippen LogP contribution < -0.4 is 0 Å². The number of fused-ring (bicyclic) bond motifs is 6. The summed E-state index contributed by atoms with van der Waals surface area (Å²) >= 11 is 1.88. The van der Waals surface area contributed by atoms with Gasteiger partial charge in [0.15, 0.2) is 0 Å². The Morgan fingerprint density at radius 3 is 2.24 bits per heavy atom. The normalized spacial score (nSPS) is 11.6. The number of hydrogen-bond acceptors (Lipinski definition) is 2. The van der Waals surface area contributed by atoms with Crippen LogP contribution in [0, 0.1) is 0 Å². The van der Waals surface area contributed by atoms with E-state index in [1.165, 1.54) is 53.0 Å². The molecule has 1 nitrogen and oxygen atoms in total. The predicted molar refractivity (Wildman–Crippen MR) is 143 cm³/mol. The Morgan fingerprint density at radius 1 is 0.515 bits per heavy atom. The smallest absolute Gasteiger partial charge is 0.0780 e. The topological polar surface area (TPSA) is 12.9 Å². The van der Waals surface area contributed by atoms with Crippen molar-refractivity contribution >= 4 is 53.2 Å². The van der Waals surface area contributed by atoms with E-state index in [-0.39, 0.29) is 0 Å². The molecule has 0 fully saturated rings. The summed E-state index contributed by atoms with van der Waals surface area (Å²) in [5.74, 6) is 0. The number of rotatable bonds is 2.